The smallest absolute Gasteiger partial charge is 0.246 e. The monoisotopic (exact) mass is 263 g/mol. The molecule has 0 bridgehead atoms. The Kier molecular flexibility index (Phi) is 4.18. The summed E-state index contributed by atoms with van der Waals surface area (Å²) in [6, 6.07) is 4.48. The second-order valence-corrected chi connectivity index (χ2v) is 5.87. The SMILES string of the molecule is CCOc1cc(Cl)ccc1S(=O)(=O)N(C)C. The van der Waals surface area contributed by atoms with Crippen molar-refractivity contribution >= 4 is 21.6 Å². The maximum Gasteiger partial charge on any atom is 0.246 e. The van der Waals surface area contributed by atoms with Gasteiger partial charge in [-0.15, -0.1) is 0 Å². The van der Waals surface area contributed by atoms with Crippen LogP contribution in [0.4, 0.5) is 0 Å². The first-order valence-electron chi connectivity index (χ1n) is 4.74. The molecule has 0 saturated carbocycles. The van der Waals surface area contributed by atoms with E-state index in [9.17, 15) is 8.42 Å². The van der Waals surface area contributed by atoms with E-state index in [2.05, 4.69) is 0 Å². The number of halogens is 1. The average Bonchev–Trinajstić information content (AvgIpc) is 2.17. The predicted octanol–water partition coefficient (Wildman–Crippen LogP) is 1.99. The maximum absolute atomic E-state index is 11.9. The second-order valence-electron chi connectivity index (χ2n) is 3.31. The minimum atomic E-state index is -3.50. The largest absolute Gasteiger partial charge is 0.492 e. The van der Waals surface area contributed by atoms with E-state index in [-0.39, 0.29) is 10.6 Å². The number of rotatable bonds is 4. The molecule has 0 saturated heterocycles. The van der Waals surface area contributed by atoms with Crippen molar-refractivity contribution in [3.8, 4) is 5.75 Å². The van der Waals surface area contributed by atoms with E-state index in [0.717, 1.165) is 4.31 Å². The zero-order chi connectivity index (χ0) is 12.3. The Bertz CT molecular complexity index is 471. The van der Waals surface area contributed by atoms with Crippen LogP contribution >= 0.6 is 11.6 Å². The lowest BCUT2D eigenvalue weighted by atomic mass is 10.3. The molecule has 0 heterocycles. The number of hydrogen-bond donors (Lipinski definition) is 0. The van der Waals surface area contributed by atoms with Gasteiger partial charge in [0.05, 0.1) is 6.61 Å². The molecule has 0 spiro atoms. The molecule has 0 N–H and O–H groups in total. The van der Waals surface area contributed by atoms with Crippen molar-refractivity contribution in [3.05, 3.63) is 23.2 Å². The fraction of sp³-hybridized carbons (Fsp3) is 0.400. The summed E-state index contributed by atoms with van der Waals surface area (Å²) in [5, 5.41) is 0.446. The van der Waals surface area contributed by atoms with Crippen molar-refractivity contribution in [2.45, 2.75) is 11.8 Å². The van der Waals surface area contributed by atoms with Gasteiger partial charge in [-0.25, -0.2) is 12.7 Å². The Labute approximate surface area is 101 Å². The fourth-order valence-corrected chi connectivity index (χ4v) is 2.33. The summed E-state index contributed by atoms with van der Waals surface area (Å²) in [6.45, 7) is 2.17. The quantitative estimate of drug-likeness (QED) is 0.835. The molecule has 0 aliphatic carbocycles. The predicted molar refractivity (Wildman–Crippen MR) is 63.5 cm³/mol. The Morgan fingerprint density at radius 1 is 1.38 bits per heavy atom. The van der Waals surface area contributed by atoms with E-state index < -0.39 is 10.0 Å². The standard InChI is InChI=1S/C10H14ClNO3S/c1-4-15-9-7-8(11)5-6-10(9)16(13,14)12(2)3/h5-7H,4H2,1-3H3. The topological polar surface area (TPSA) is 46.6 Å². The van der Waals surface area contributed by atoms with Gasteiger partial charge in [-0.2, -0.15) is 0 Å². The van der Waals surface area contributed by atoms with E-state index in [4.69, 9.17) is 16.3 Å². The maximum atomic E-state index is 11.9. The first-order chi connectivity index (χ1) is 7.39. The van der Waals surface area contributed by atoms with Crippen LogP contribution in [0, 0.1) is 0 Å². The number of nitrogens with zero attached hydrogens (tertiary/aromatic N) is 1. The third-order valence-electron chi connectivity index (χ3n) is 1.96. The molecule has 0 amide bonds. The molecular formula is C10H14ClNO3S. The highest BCUT2D eigenvalue weighted by molar-refractivity contribution is 7.89. The Morgan fingerprint density at radius 2 is 2.00 bits per heavy atom. The molecule has 16 heavy (non-hydrogen) atoms. The summed E-state index contributed by atoms with van der Waals surface area (Å²) in [5.74, 6) is 0.281. The van der Waals surface area contributed by atoms with E-state index in [0.29, 0.717) is 11.6 Å². The molecule has 0 aliphatic heterocycles. The molecule has 1 rings (SSSR count). The van der Waals surface area contributed by atoms with Gasteiger partial charge < -0.3 is 4.74 Å². The van der Waals surface area contributed by atoms with Crippen molar-refractivity contribution in [2.24, 2.45) is 0 Å². The number of benzene rings is 1. The summed E-state index contributed by atoms with van der Waals surface area (Å²) < 4.78 is 30.3. The third kappa shape index (κ3) is 2.66. The normalized spacial score (nSPS) is 11.8. The van der Waals surface area contributed by atoms with E-state index in [1.165, 1.54) is 32.3 Å². The number of sulfonamides is 1. The van der Waals surface area contributed by atoms with E-state index in [1.54, 1.807) is 6.92 Å². The van der Waals surface area contributed by atoms with Gasteiger partial charge in [0.15, 0.2) is 0 Å². The Balaban J connectivity index is 3.33. The molecule has 0 aromatic heterocycles. The molecular weight excluding hydrogens is 250 g/mol. The minimum absolute atomic E-state index is 0.128. The van der Waals surface area contributed by atoms with E-state index >= 15 is 0 Å². The lowest BCUT2D eigenvalue weighted by molar-refractivity contribution is 0.330. The van der Waals surface area contributed by atoms with Crippen molar-refractivity contribution < 1.29 is 13.2 Å². The van der Waals surface area contributed by atoms with Crippen LogP contribution < -0.4 is 4.74 Å². The molecule has 0 radical (unpaired) electrons. The Hall–Kier alpha value is -0.780. The average molecular weight is 264 g/mol. The molecule has 0 unspecified atom stereocenters. The molecule has 1 aromatic carbocycles. The summed E-state index contributed by atoms with van der Waals surface area (Å²) >= 11 is 5.79. The molecule has 4 nitrogen and oxygen atoms in total. The highest BCUT2D eigenvalue weighted by atomic mass is 35.5. The van der Waals surface area contributed by atoms with Crippen LogP contribution in [0.1, 0.15) is 6.92 Å². The van der Waals surface area contributed by atoms with Crippen LogP contribution in [0.15, 0.2) is 23.1 Å². The van der Waals surface area contributed by atoms with Gasteiger partial charge in [0, 0.05) is 25.2 Å². The highest BCUT2D eigenvalue weighted by Crippen LogP contribution is 2.28. The molecule has 0 fully saturated rings. The first kappa shape index (κ1) is 13.3. The zero-order valence-electron chi connectivity index (χ0n) is 9.40. The number of hydrogen-bond acceptors (Lipinski definition) is 3. The summed E-state index contributed by atoms with van der Waals surface area (Å²) in [7, 11) is -0.553. The van der Waals surface area contributed by atoms with Crippen molar-refractivity contribution in [3.63, 3.8) is 0 Å². The second kappa shape index (κ2) is 5.03. The van der Waals surface area contributed by atoms with Gasteiger partial charge in [0.1, 0.15) is 10.6 Å². The molecule has 0 aliphatic rings. The van der Waals surface area contributed by atoms with Crippen molar-refractivity contribution in [2.75, 3.05) is 20.7 Å². The van der Waals surface area contributed by atoms with Gasteiger partial charge in [0.2, 0.25) is 10.0 Å². The lowest BCUT2D eigenvalue weighted by Crippen LogP contribution is -2.22. The summed E-state index contributed by atoms with van der Waals surface area (Å²) in [6.07, 6.45) is 0. The van der Waals surface area contributed by atoms with Crippen molar-refractivity contribution in [1.29, 1.82) is 0 Å². The third-order valence-corrected chi connectivity index (χ3v) is 4.05. The van der Waals surface area contributed by atoms with Crippen LogP contribution in [0.3, 0.4) is 0 Å². The van der Waals surface area contributed by atoms with Crippen LogP contribution in [-0.2, 0) is 10.0 Å². The zero-order valence-corrected chi connectivity index (χ0v) is 11.0. The van der Waals surface area contributed by atoms with Gasteiger partial charge in [-0.05, 0) is 19.1 Å². The fourth-order valence-electron chi connectivity index (χ4n) is 1.16. The van der Waals surface area contributed by atoms with Gasteiger partial charge in [-0.3, -0.25) is 0 Å². The highest BCUT2D eigenvalue weighted by Gasteiger charge is 2.22. The molecule has 90 valence electrons. The van der Waals surface area contributed by atoms with Crippen LogP contribution in [0.25, 0.3) is 0 Å². The molecule has 1 aromatic rings. The Morgan fingerprint density at radius 3 is 2.50 bits per heavy atom. The number of ether oxygens (including phenoxy) is 1. The van der Waals surface area contributed by atoms with Crippen LogP contribution in [-0.4, -0.2) is 33.4 Å². The van der Waals surface area contributed by atoms with Crippen LogP contribution in [0.2, 0.25) is 5.02 Å². The lowest BCUT2D eigenvalue weighted by Gasteiger charge is -2.15. The molecule has 0 atom stereocenters. The van der Waals surface area contributed by atoms with Gasteiger partial charge >= 0.3 is 0 Å². The van der Waals surface area contributed by atoms with Gasteiger partial charge in [0.25, 0.3) is 0 Å². The van der Waals surface area contributed by atoms with Crippen molar-refractivity contribution in [1.82, 2.24) is 4.31 Å². The minimum Gasteiger partial charge on any atom is -0.492 e. The summed E-state index contributed by atoms with van der Waals surface area (Å²) in [4.78, 5) is 0.128. The van der Waals surface area contributed by atoms with Gasteiger partial charge in [-0.1, -0.05) is 11.6 Å². The first-order valence-corrected chi connectivity index (χ1v) is 6.56. The summed E-state index contributed by atoms with van der Waals surface area (Å²) in [5.41, 5.74) is 0. The van der Waals surface area contributed by atoms with E-state index in [1.807, 2.05) is 0 Å². The van der Waals surface area contributed by atoms with Crippen LogP contribution in [0.5, 0.6) is 5.75 Å². The molecule has 6 heteroatoms.